The summed E-state index contributed by atoms with van der Waals surface area (Å²) < 4.78 is 0. The first-order chi connectivity index (χ1) is 8.58. The number of hydrogen-bond donors (Lipinski definition) is 2. The lowest BCUT2D eigenvalue weighted by atomic mass is 10.1. The van der Waals surface area contributed by atoms with E-state index >= 15 is 0 Å². The second-order valence-corrected chi connectivity index (χ2v) is 3.60. The molecular weight excluding hydrogens is 234 g/mol. The standard InChI is InChI=1S/C13H9NO4/c15-12(16)9-6-10(8-4-2-1-3-5-8)14-11(7-9)13(17)18/h1-7H,(H,15,16)(H,17,18). The summed E-state index contributed by atoms with van der Waals surface area (Å²) in [6.45, 7) is 0. The molecule has 0 radical (unpaired) electrons. The Morgan fingerprint density at radius 2 is 1.61 bits per heavy atom. The minimum Gasteiger partial charge on any atom is -0.478 e. The number of carbonyl (C=O) groups is 2. The molecule has 1 aromatic heterocycles. The maximum atomic E-state index is 10.9. The highest BCUT2D eigenvalue weighted by Gasteiger charge is 2.13. The molecule has 0 fully saturated rings. The highest BCUT2D eigenvalue weighted by atomic mass is 16.4. The molecule has 0 aliphatic rings. The van der Waals surface area contributed by atoms with Crippen molar-refractivity contribution in [2.24, 2.45) is 0 Å². The zero-order valence-electron chi connectivity index (χ0n) is 9.20. The summed E-state index contributed by atoms with van der Waals surface area (Å²) in [5.74, 6) is -2.44. The topological polar surface area (TPSA) is 87.5 Å². The zero-order chi connectivity index (χ0) is 13.1. The quantitative estimate of drug-likeness (QED) is 0.862. The van der Waals surface area contributed by atoms with Crippen LogP contribution in [-0.2, 0) is 0 Å². The summed E-state index contributed by atoms with van der Waals surface area (Å²) in [7, 11) is 0. The number of rotatable bonds is 3. The Kier molecular flexibility index (Phi) is 3.05. The van der Waals surface area contributed by atoms with Crippen LogP contribution in [0.2, 0.25) is 0 Å². The van der Waals surface area contributed by atoms with Crippen molar-refractivity contribution in [2.45, 2.75) is 0 Å². The maximum Gasteiger partial charge on any atom is 0.354 e. The van der Waals surface area contributed by atoms with Gasteiger partial charge in [0.2, 0.25) is 0 Å². The molecule has 5 nitrogen and oxygen atoms in total. The van der Waals surface area contributed by atoms with E-state index in [0.717, 1.165) is 6.07 Å². The fourth-order valence-electron chi connectivity index (χ4n) is 1.52. The van der Waals surface area contributed by atoms with Gasteiger partial charge in [-0.3, -0.25) is 0 Å². The fraction of sp³-hybridized carbons (Fsp3) is 0. The van der Waals surface area contributed by atoms with Crippen LogP contribution < -0.4 is 0 Å². The Morgan fingerprint density at radius 3 is 2.17 bits per heavy atom. The van der Waals surface area contributed by atoms with Crippen LogP contribution in [-0.4, -0.2) is 27.1 Å². The maximum absolute atomic E-state index is 10.9. The van der Waals surface area contributed by atoms with Gasteiger partial charge >= 0.3 is 11.9 Å². The van der Waals surface area contributed by atoms with Gasteiger partial charge in [-0.25, -0.2) is 14.6 Å². The number of benzene rings is 1. The van der Waals surface area contributed by atoms with Crippen molar-refractivity contribution in [3.05, 3.63) is 53.7 Å². The minimum atomic E-state index is -1.25. The van der Waals surface area contributed by atoms with Gasteiger partial charge in [-0.2, -0.15) is 0 Å². The Labute approximate surface area is 102 Å². The van der Waals surface area contributed by atoms with E-state index in [1.165, 1.54) is 6.07 Å². The second kappa shape index (κ2) is 4.67. The molecular formula is C13H9NO4. The summed E-state index contributed by atoms with van der Waals surface area (Å²) in [5.41, 5.74) is 0.617. The van der Waals surface area contributed by atoms with E-state index in [4.69, 9.17) is 10.2 Å². The average molecular weight is 243 g/mol. The predicted molar refractivity (Wildman–Crippen MR) is 63.6 cm³/mol. The predicted octanol–water partition coefficient (Wildman–Crippen LogP) is 2.15. The number of aromatic carboxylic acids is 2. The zero-order valence-corrected chi connectivity index (χ0v) is 9.20. The Morgan fingerprint density at radius 1 is 0.944 bits per heavy atom. The van der Waals surface area contributed by atoms with E-state index in [-0.39, 0.29) is 11.3 Å². The molecule has 0 unspecified atom stereocenters. The lowest BCUT2D eigenvalue weighted by Crippen LogP contribution is -2.06. The van der Waals surface area contributed by atoms with Crippen molar-refractivity contribution in [2.75, 3.05) is 0 Å². The monoisotopic (exact) mass is 243 g/mol. The van der Waals surface area contributed by atoms with Crippen molar-refractivity contribution in [1.82, 2.24) is 4.98 Å². The molecule has 0 atom stereocenters. The Bertz CT molecular complexity index is 575. The van der Waals surface area contributed by atoms with Gasteiger partial charge in [-0.15, -0.1) is 0 Å². The van der Waals surface area contributed by atoms with Crippen LogP contribution >= 0.6 is 0 Å². The Hall–Kier alpha value is -2.69. The number of aromatic nitrogens is 1. The van der Waals surface area contributed by atoms with Crippen molar-refractivity contribution in [3.8, 4) is 11.3 Å². The normalized spacial score (nSPS) is 10.0. The summed E-state index contributed by atoms with van der Waals surface area (Å²) in [4.78, 5) is 25.8. The molecule has 18 heavy (non-hydrogen) atoms. The first-order valence-corrected chi connectivity index (χ1v) is 5.12. The number of carboxylic acids is 2. The van der Waals surface area contributed by atoms with Crippen molar-refractivity contribution >= 4 is 11.9 Å². The van der Waals surface area contributed by atoms with E-state index in [9.17, 15) is 9.59 Å². The van der Waals surface area contributed by atoms with E-state index in [1.54, 1.807) is 24.3 Å². The van der Waals surface area contributed by atoms with Crippen LogP contribution in [0.15, 0.2) is 42.5 Å². The van der Waals surface area contributed by atoms with Crippen LogP contribution in [0.4, 0.5) is 0 Å². The van der Waals surface area contributed by atoms with Gasteiger partial charge in [0.1, 0.15) is 5.69 Å². The third-order valence-corrected chi connectivity index (χ3v) is 2.36. The SMILES string of the molecule is O=C(O)c1cc(C(=O)O)nc(-c2ccccc2)c1. The highest BCUT2D eigenvalue weighted by Crippen LogP contribution is 2.19. The largest absolute Gasteiger partial charge is 0.478 e. The third kappa shape index (κ3) is 2.35. The van der Waals surface area contributed by atoms with Crippen LogP contribution in [0.5, 0.6) is 0 Å². The van der Waals surface area contributed by atoms with Gasteiger partial charge in [-0.1, -0.05) is 30.3 Å². The first-order valence-electron chi connectivity index (χ1n) is 5.12. The number of pyridine rings is 1. The second-order valence-electron chi connectivity index (χ2n) is 3.60. The minimum absolute atomic E-state index is 0.0961. The molecule has 0 bridgehead atoms. The summed E-state index contributed by atoms with van der Waals surface area (Å²) in [6.07, 6.45) is 0. The summed E-state index contributed by atoms with van der Waals surface area (Å²) in [6, 6.07) is 11.2. The molecule has 0 saturated heterocycles. The smallest absolute Gasteiger partial charge is 0.354 e. The lowest BCUT2D eigenvalue weighted by molar-refractivity contribution is 0.0690. The van der Waals surface area contributed by atoms with Crippen LogP contribution in [0.3, 0.4) is 0 Å². The van der Waals surface area contributed by atoms with E-state index in [2.05, 4.69) is 4.98 Å². The summed E-state index contributed by atoms with van der Waals surface area (Å²) in [5, 5.41) is 17.8. The van der Waals surface area contributed by atoms with E-state index < -0.39 is 11.9 Å². The van der Waals surface area contributed by atoms with Crippen molar-refractivity contribution in [1.29, 1.82) is 0 Å². The van der Waals surface area contributed by atoms with Gasteiger partial charge < -0.3 is 10.2 Å². The molecule has 2 N–H and O–H groups in total. The lowest BCUT2D eigenvalue weighted by Gasteiger charge is -2.04. The molecule has 0 aliphatic carbocycles. The van der Waals surface area contributed by atoms with Gasteiger partial charge in [-0.05, 0) is 12.1 Å². The van der Waals surface area contributed by atoms with Crippen LogP contribution in [0, 0.1) is 0 Å². The molecule has 90 valence electrons. The number of carboxylic acid groups (broad SMARTS) is 2. The molecule has 0 amide bonds. The van der Waals surface area contributed by atoms with Crippen molar-refractivity contribution < 1.29 is 19.8 Å². The van der Waals surface area contributed by atoms with Crippen LogP contribution in [0.25, 0.3) is 11.3 Å². The van der Waals surface area contributed by atoms with E-state index in [1.807, 2.05) is 6.07 Å². The first kappa shape index (κ1) is 11.8. The van der Waals surface area contributed by atoms with Crippen LogP contribution in [0.1, 0.15) is 20.8 Å². The van der Waals surface area contributed by atoms with Gasteiger partial charge in [0.25, 0.3) is 0 Å². The molecule has 2 rings (SSSR count). The van der Waals surface area contributed by atoms with E-state index in [0.29, 0.717) is 11.3 Å². The summed E-state index contributed by atoms with van der Waals surface area (Å²) >= 11 is 0. The molecule has 1 heterocycles. The van der Waals surface area contributed by atoms with Crippen molar-refractivity contribution in [3.63, 3.8) is 0 Å². The Balaban J connectivity index is 2.61. The molecule has 0 saturated carbocycles. The molecule has 0 spiro atoms. The molecule has 1 aromatic carbocycles. The average Bonchev–Trinajstić information content (AvgIpc) is 2.39. The molecule has 5 heteroatoms. The fourth-order valence-corrected chi connectivity index (χ4v) is 1.52. The third-order valence-electron chi connectivity index (χ3n) is 2.36. The van der Waals surface area contributed by atoms with Gasteiger partial charge in [0.15, 0.2) is 0 Å². The molecule has 0 aliphatic heterocycles. The number of hydrogen-bond acceptors (Lipinski definition) is 3. The van der Waals surface area contributed by atoms with Gasteiger partial charge in [0.05, 0.1) is 11.3 Å². The highest BCUT2D eigenvalue weighted by molar-refractivity contribution is 5.93. The van der Waals surface area contributed by atoms with Gasteiger partial charge in [0, 0.05) is 5.56 Å². The molecule has 2 aromatic rings. The number of nitrogens with zero attached hydrogens (tertiary/aromatic N) is 1.